The molecule has 0 aromatic heterocycles. The molecule has 0 spiro atoms. The number of ketones is 1. The van der Waals surface area contributed by atoms with Crippen LogP contribution in [0.2, 0.25) is 5.02 Å². The fraction of sp³-hybridized carbons (Fsp3) is 0.333. The summed E-state index contributed by atoms with van der Waals surface area (Å²) >= 11 is 6.24. The Morgan fingerprint density at radius 3 is 2.33 bits per heavy atom. The first-order chi connectivity index (χ1) is 15.7. The predicted molar refractivity (Wildman–Crippen MR) is 125 cm³/mol. The number of hydrogen-bond acceptors (Lipinski definition) is 7. The molecule has 0 saturated carbocycles. The van der Waals surface area contributed by atoms with Crippen molar-refractivity contribution in [2.45, 2.75) is 6.04 Å². The van der Waals surface area contributed by atoms with E-state index in [2.05, 4.69) is 0 Å². The molecule has 1 aliphatic rings. The number of para-hydroxylation sites is 1. The summed E-state index contributed by atoms with van der Waals surface area (Å²) in [6.45, 7) is 0.785. The molecular weight excluding hydrogens is 448 g/mol. The number of benzene rings is 2. The number of halogens is 1. The Morgan fingerprint density at radius 1 is 1.06 bits per heavy atom. The van der Waals surface area contributed by atoms with Crippen molar-refractivity contribution >= 4 is 29.1 Å². The Balaban J connectivity index is 2.25. The van der Waals surface area contributed by atoms with Gasteiger partial charge in [0.2, 0.25) is 0 Å². The molecule has 8 nitrogen and oxygen atoms in total. The topological polar surface area (TPSA) is 88.5 Å². The average molecular weight is 475 g/mol. The van der Waals surface area contributed by atoms with E-state index in [1.165, 1.54) is 32.3 Å². The standard InChI is InChI=1S/C24H27ClN2O6/c1-26(2)11-12-27-20(15-7-6-8-18(32-4)23(15)33-5)19(22(29)24(27)30)21(28)14-9-10-17(31-3)16(25)13-14/h6-10,13,20,28H,11-12H2,1-5H3/t20-/m1/s1. The molecule has 1 fully saturated rings. The van der Waals surface area contributed by atoms with E-state index in [1.807, 2.05) is 19.0 Å². The molecule has 1 N–H and O–H groups in total. The zero-order valence-corrected chi connectivity index (χ0v) is 20.0. The first-order valence-electron chi connectivity index (χ1n) is 10.2. The number of carbonyl (C=O) groups is 2. The molecule has 176 valence electrons. The Kier molecular flexibility index (Phi) is 7.50. The van der Waals surface area contributed by atoms with E-state index in [-0.39, 0.29) is 22.9 Å². The summed E-state index contributed by atoms with van der Waals surface area (Å²) in [5.41, 5.74) is 0.765. The number of rotatable bonds is 8. The number of hydrogen-bond donors (Lipinski definition) is 1. The zero-order chi connectivity index (χ0) is 24.3. The number of amides is 1. The molecule has 2 aromatic carbocycles. The van der Waals surface area contributed by atoms with Gasteiger partial charge in [0, 0.05) is 24.2 Å². The molecule has 9 heteroatoms. The number of likely N-dealkylation sites (N-methyl/N-ethyl adjacent to an activating group) is 1. The van der Waals surface area contributed by atoms with Gasteiger partial charge in [0.05, 0.1) is 38.0 Å². The lowest BCUT2D eigenvalue weighted by Gasteiger charge is -2.28. The lowest BCUT2D eigenvalue weighted by Crippen LogP contribution is -2.35. The first kappa shape index (κ1) is 24.4. The molecule has 0 unspecified atom stereocenters. The van der Waals surface area contributed by atoms with Gasteiger partial charge in [0.1, 0.15) is 11.5 Å². The summed E-state index contributed by atoms with van der Waals surface area (Å²) in [5, 5.41) is 11.5. The third kappa shape index (κ3) is 4.62. The van der Waals surface area contributed by atoms with E-state index in [0.29, 0.717) is 34.9 Å². The summed E-state index contributed by atoms with van der Waals surface area (Å²) in [6.07, 6.45) is 0. The van der Waals surface area contributed by atoms with E-state index in [4.69, 9.17) is 25.8 Å². The van der Waals surface area contributed by atoms with E-state index in [0.717, 1.165) is 0 Å². The second-order valence-electron chi connectivity index (χ2n) is 7.73. The Hall–Kier alpha value is -3.23. The van der Waals surface area contributed by atoms with Crippen LogP contribution < -0.4 is 14.2 Å². The van der Waals surface area contributed by atoms with Gasteiger partial charge < -0.3 is 29.1 Å². The molecule has 3 rings (SSSR count). The summed E-state index contributed by atoms with van der Waals surface area (Å²) < 4.78 is 16.2. The van der Waals surface area contributed by atoms with Crippen LogP contribution in [-0.2, 0) is 9.59 Å². The first-order valence-corrected chi connectivity index (χ1v) is 10.6. The van der Waals surface area contributed by atoms with Gasteiger partial charge in [-0.2, -0.15) is 0 Å². The van der Waals surface area contributed by atoms with Gasteiger partial charge in [-0.3, -0.25) is 9.59 Å². The van der Waals surface area contributed by atoms with Crippen LogP contribution in [-0.4, -0.2) is 75.1 Å². The van der Waals surface area contributed by atoms with Crippen LogP contribution in [0.3, 0.4) is 0 Å². The van der Waals surface area contributed by atoms with Gasteiger partial charge in [-0.25, -0.2) is 0 Å². The summed E-state index contributed by atoms with van der Waals surface area (Å²) in [6, 6.07) is 8.98. The normalized spacial score (nSPS) is 17.5. The predicted octanol–water partition coefficient (Wildman–Crippen LogP) is 3.35. The summed E-state index contributed by atoms with van der Waals surface area (Å²) in [4.78, 5) is 29.6. The number of methoxy groups -OCH3 is 3. The third-order valence-electron chi connectivity index (χ3n) is 5.48. The van der Waals surface area contributed by atoms with Crippen molar-refractivity contribution in [1.29, 1.82) is 0 Å². The Labute approximate surface area is 197 Å². The van der Waals surface area contributed by atoms with Crippen molar-refractivity contribution in [2.24, 2.45) is 0 Å². The number of carbonyl (C=O) groups excluding carboxylic acids is 2. The average Bonchev–Trinajstić information content (AvgIpc) is 3.06. The molecule has 1 aliphatic heterocycles. The minimum Gasteiger partial charge on any atom is -0.507 e. The molecule has 2 aromatic rings. The van der Waals surface area contributed by atoms with Crippen LogP contribution in [0.15, 0.2) is 42.0 Å². The van der Waals surface area contributed by atoms with Gasteiger partial charge in [-0.05, 0) is 38.4 Å². The van der Waals surface area contributed by atoms with Gasteiger partial charge >= 0.3 is 0 Å². The van der Waals surface area contributed by atoms with Crippen molar-refractivity contribution in [3.63, 3.8) is 0 Å². The van der Waals surface area contributed by atoms with Crippen LogP contribution in [0, 0.1) is 0 Å². The summed E-state index contributed by atoms with van der Waals surface area (Å²) in [5.74, 6) is -0.576. The van der Waals surface area contributed by atoms with Crippen molar-refractivity contribution in [2.75, 3.05) is 48.5 Å². The highest BCUT2D eigenvalue weighted by Crippen LogP contribution is 2.45. The second kappa shape index (κ2) is 10.1. The van der Waals surface area contributed by atoms with Crippen molar-refractivity contribution in [3.05, 3.63) is 58.1 Å². The molecule has 0 radical (unpaired) electrons. The minimum atomic E-state index is -0.879. The van der Waals surface area contributed by atoms with Crippen LogP contribution in [0.5, 0.6) is 17.2 Å². The van der Waals surface area contributed by atoms with Gasteiger partial charge in [0.25, 0.3) is 11.7 Å². The number of nitrogens with zero attached hydrogens (tertiary/aromatic N) is 2. The second-order valence-corrected chi connectivity index (χ2v) is 8.14. The van der Waals surface area contributed by atoms with Gasteiger partial charge in [-0.1, -0.05) is 23.7 Å². The van der Waals surface area contributed by atoms with Crippen LogP contribution in [0.1, 0.15) is 17.2 Å². The molecule has 1 amide bonds. The lowest BCUT2D eigenvalue weighted by molar-refractivity contribution is -0.140. The smallest absolute Gasteiger partial charge is 0.295 e. The highest BCUT2D eigenvalue weighted by molar-refractivity contribution is 6.46. The fourth-order valence-electron chi connectivity index (χ4n) is 3.84. The summed E-state index contributed by atoms with van der Waals surface area (Å²) in [7, 11) is 8.21. The minimum absolute atomic E-state index is 0.0495. The van der Waals surface area contributed by atoms with Gasteiger partial charge in [-0.15, -0.1) is 0 Å². The molecule has 1 heterocycles. The molecular formula is C24H27ClN2O6. The molecule has 1 atom stereocenters. The third-order valence-corrected chi connectivity index (χ3v) is 5.78. The number of aliphatic hydroxyl groups excluding tert-OH is 1. The maximum Gasteiger partial charge on any atom is 0.295 e. The number of ether oxygens (including phenoxy) is 3. The van der Waals surface area contributed by atoms with Crippen LogP contribution >= 0.6 is 11.6 Å². The van der Waals surface area contributed by atoms with E-state index in [1.54, 1.807) is 30.3 Å². The van der Waals surface area contributed by atoms with Crippen LogP contribution in [0.25, 0.3) is 5.76 Å². The largest absolute Gasteiger partial charge is 0.507 e. The van der Waals surface area contributed by atoms with E-state index < -0.39 is 17.7 Å². The lowest BCUT2D eigenvalue weighted by atomic mass is 9.94. The number of likely N-dealkylation sites (tertiary alicyclic amines) is 1. The molecule has 0 aliphatic carbocycles. The van der Waals surface area contributed by atoms with E-state index in [9.17, 15) is 14.7 Å². The SMILES string of the molecule is COc1ccc(C(O)=C2C(=O)C(=O)N(CCN(C)C)[C@@H]2c2cccc(OC)c2OC)cc1Cl. The van der Waals surface area contributed by atoms with Crippen molar-refractivity contribution in [3.8, 4) is 17.2 Å². The highest BCUT2D eigenvalue weighted by Gasteiger charge is 2.47. The van der Waals surface area contributed by atoms with Crippen molar-refractivity contribution in [1.82, 2.24) is 9.80 Å². The maximum absolute atomic E-state index is 13.2. The monoisotopic (exact) mass is 474 g/mol. The molecule has 1 saturated heterocycles. The maximum atomic E-state index is 13.2. The number of aliphatic hydroxyl groups is 1. The fourth-order valence-corrected chi connectivity index (χ4v) is 4.10. The zero-order valence-electron chi connectivity index (χ0n) is 19.2. The molecule has 0 bridgehead atoms. The Bertz CT molecular complexity index is 1100. The highest BCUT2D eigenvalue weighted by atomic mass is 35.5. The van der Waals surface area contributed by atoms with E-state index >= 15 is 0 Å². The van der Waals surface area contributed by atoms with Crippen LogP contribution in [0.4, 0.5) is 0 Å². The Morgan fingerprint density at radius 2 is 1.76 bits per heavy atom. The van der Waals surface area contributed by atoms with Gasteiger partial charge in [0.15, 0.2) is 11.5 Å². The van der Waals surface area contributed by atoms with Crippen molar-refractivity contribution < 1.29 is 28.9 Å². The number of Topliss-reactive ketones (excluding diaryl/α,β-unsaturated/α-hetero) is 1. The molecule has 33 heavy (non-hydrogen) atoms. The quantitative estimate of drug-likeness (QED) is 0.356.